The van der Waals surface area contributed by atoms with Gasteiger partial charge in [0.2, 0.25) is 0 Å². The molecule has 2 heterocycles. The maximum Gasteiger partial charge on any atom is 0.160 e. The Morgan fingerprint density at radius 3 is 2.79 bits per heavy atom. The van der Waals surface area contributed by atoms with Crippen LogP contribution in [0, 0.1) is 6.92 Å². The lowest BCUT2D eigenvalue weighted by Crippen LogP contribution is -2.19. The maximum absolute atomic E-state index is 5.85. The number of nitrogens with two attached hydrogens (primary N) is 1. The van der Waals surface area contributed by atoms with E-state index in [0.717, 1.165) is 35.6 Å². The first-order valence-corrected chi connectivity index (χ1v) is 6.63. The molecule has 0 aliphatic heterocycles. The number of nitrogens with zero attached hydrogens (tertiary/aromatic N) is 3. The van der Waals surface area contributed by atoms with Crippen molar-refractivity contribution in [3.8, 4) is 11.4 Å². The number of rotatable bonds is 4. The Kier molecular flexibility index (Phi) is 4.22. The van der Waals surface area contributed by atoms with Crippen molar-refractivity contribution in [1.29, 1.82) is 0 Å². The van der Waals surface area contributed by atoms with Gasteiger partial charge in [-0.15, -0.1) is 0 Å². The second-order valence-electron chi connectivity index (χ2n) is 4.89. The minimum atomic E-state index is 0.102. The van der Waals surface area contributed by atoms with Crippen molar-refractivity contribution in [1.82, 2.24) is 15.0 Å². The summed E-state index contributed by atoms with van der Waals surface area (Å²) in [6.07, 6.45) is 5.35. The van der Waals surface area contributed by atoms with Crippen LogP contribution in [0.4, 0.5) is 0 Å². The zero-order valence-corrected chi connectivity index (χ0v) is 11.7. The molecule has 2 N–H and O–H groups in total. The number of aromatic nitrogens is 3. The van der Waals surface area contributed by atoms with Crippen LogP contribution < -0.4 is 5.73 Å². The predicted octanol–water partition coefficient (Wildman–Crippen LogP) is 2.30. The summed E-state index contributed by atoms with van der Waals surface area (Å²) in [7, 11) is 0. The Balaban J connectivity index is 2.47. The number of aryl methyl sites for hydroxylation is 2. The van der Waals surface area contributed by atoms with Gasteiger partial charge in [-0.3, -0.25) is 4.98 Å². The van der Waals surface area contributed by atoms with E-state index < -0.39 is 0 Å². The minimum absolute atomic E-state index is 0.102. The highest BCUT2D eigenvalue weighted by Gasteiger charge is 2.09. The Hall–Kier alpha value is -1.81. The molecule has 19 heavy (non-hydrogen) atoms. The van der Waals surface area contributed by atoms with E-state index in [2.05, 4.69) is 21.9 Å². The Morgan fingerprint density at radius 2 is 2.11 bits per heavy atom. The predicted molar refractivity (Wildman–Crippen MR) is 76.7 cm³/mol. The van der Waals surface area contributed by atoms with E-state index in [4.69, 9.17) is 5.73 Å². The third-order valence-corrected chi connectivity index (χ3v) is 2.96. The maximum atomic E-state index is 5.85. The van der Waals surface area contributed by atoms with Crippen LogP contribution in [0.1, 0.15) is 30.8 Å². The molecule has 0 fully saturated rings. The molecule has 0 saturated carbocycles. The third-order valence-electron chi connectivity index (χ3n) is 2.96. The molecule has 1 unspecified atom stereocenters. The van der Waals surface area contributed by atoms with Crippen molar-refractivity contribution >= 4 is 0 Å². The molecule has 0 aromatic carbocycles. The van der Waals surface area contributed by atoms with Crippen LogP contribution in [-0.4, -0.2) is 21.0 Å². The van der Waals surface area contributed by atoms with Crippen LogP contribution in [0.15, 0.2) is 24.5 Å². The van der Waals surface area contributed by atoms with Crippen molar-refractivity contribution in [3.05, 3.63) is 41.5 Å². The van der Waals surface area contributed by atoms with E-state index in [1.54, 1.807) is 6.20 Å². The molecule has 0 aliphatic rings. The van der Waals surface area contributed by atoms with E-state index in [-0.39, 0.29) is 6.04 Å². The van der Waals surface area contributed by atoms with Crippen LogP contribution >= 0.6 is 0 Å². The monoisotopic (exact) mass is 256 g/mol. The highest BCUT2D eigenvalue weighted by atomic mass is 14.9. The van der Waals surface area contributed by atoms with Crippen molar-refractivity contribution in [3.63, 3.8) is 0 Å². The highest BCUT2D eigenvalue weighted by molar-refractivity contribution is 5.59. The Morgan fingerprint density at radius 1 is 1.32 bits per heavy atom. The lowest BCUT2D eigenvalue weighted by molar-refractivity contribution is 0.719. The van der Waals surface area contributed by atoms with E-state index in [0.29, 0.717) is 0 Å². The van der Waals surface area contributed by atoms with Gasteiger partial charge in [0.1, 0.15) is 0 Å². The SMILES string of the molecule is CCc1cnccc1-c1nc(C)cc(CC(C)N)n1. The molecular formula is C15H20N4. The van der Waals surface area contributed by atoms with Crippen LogP contribution in [0.3, 0.4) is 0 Å². The zero-order chi connectivity index (χ0) is 13.8. The van der Waals surface area contributed by atoms with Crippen molar-refractivity contribution in [2.24, 2.45) is 5.73 Å². The van der Waals surface area contributed by atoms with Gasteiger partial charge < -0.3 is 5.73 Å². The summed E-state index contributed by atoms with van der Waals surface area (Å²) >= 11 is 0. The first-order chi connectivity index (χ1) is 9.10. The van der Waals surface area contributed by atoms with Crippen molar-refractivity contribution in [2.45, 2.75) is 39.7 Å². The second-order valence-corrected chi connectivity index (χ2v) is 4.89. The van der Waals surface area contributed by atoms with Gasteiger partial charge in [-0.2, -0.15) is 0 Å². The number of pyridine rings is 1. The van der Waals surface area contributed by atoms with Gasteiger partial charge in [0.05, 0.1) is 0 Å². The van der Waals surface area contributed by atoms with Gasteiger partial charge >= 0.3 is 0 Å². The highest BCUT2D eigenvalue weighted by Crippen LogP contribution is 2.20. The molecule has 2 aromatic rings. The van der Waals surface area contributed by atoms with Crippen LogP contribution in [0.2, 0.25) is 0 Å². The first-order valence-electron chi connectivity index (χ1n) is 6.63. The summed E-state index contributed by atoms with van der Waals surface area (Å²) in [5, 5.41) is 0. The van der Waals surface area contributed by atoms with E-state index in [9.17, 15) is 0 Å². The molecule has 0 aliphatic carbocycles. The fourth-order valence-corrected chi connectivity index (χ4v) is 2.12. The largest absolute Gasteiger partial charge is 0.328 e. The van der Waals surface area contributed by atoms with Crippen LogP contribution in [-0.2, 0) is 12.8 Å². The molecule has 0 bridgehead atoms. The number of hydrogen-bond donors (Lipinski definition) is 1. The number of hydrogen-bond acceptors (Lipinski definition) is 4. The van der Waals surface area contributed by atoms with Gasteiger partial charge in [-0.1, -0.05) is 6.92 Å². The molecule has 0 radical (unpaired) electrons. The van der Waals surface area contributed by atoms with Crippen molar-refractivity contribution < 1.29 is 0 Å². The molecule has 1 atom stereocenters. The molecule has 2 aromatic heterocycles. The Labute approximate surface area is 114 Å². The smallest absolute Gasteiger partial charge is 0.160 e. The molecule has 4 heteroatoms. The molecule has 0 spiro atoms. The molecular weight excluding hydrogens is 236 g/mol. The van der Waals surface area contributed by atoms with E-state index >= 15 is 0 Å². The van der Waals surface area contributed by atoms with Crippen LogP contribution in [0.25, 0.3) is 11.4 Å². The quantitative estimate of drug-likeness (QED) is 0.911. The molecule has 2 rings (SSSR count). The summed E-state index contributed by atoms with van der Waals surface area (Å²) < 4.78 is 0. The minimum Gasteiger partial charge on any atom is -0.328 e. The summed E-state index contributed by atoms with van der Waals surface area (Å²) in [5.74, 6) is 0.773. The average Bonchev–Trinajstić information content (AvgIpc) is 2.37. The lowest BCUT2D eigenvalue weighted by atomic mass is 10.1. The summed E-state index contributed by atoms with van der Waals surface area (Å²) in [6, 6.07) is 4.08. The van der Waals surface area contributed by atoms with Gasteiger partial charge in [0.25, 0.3) is 0 Å². The Bertz CT molecular complexity index is 564. The first kappa shape index (κ1) is 13.6. The van der Waals surface area contributed by atoms with E-state index in [1.807, 2.05) is 32.2 Å². The third kappa shape index (κ3) is 3.35. The molecule has 0 amide bonds. The fourth-order valence-electron chi connectivity index (χ4n) is 2.12. The standard InChI is InChI=1S/C15H20N4/c1-4-12-9-17-6-5-14(12)15-18-11(3)8-13(19-15)7-10(2)16/h5-6,8-10H,4,7,16H2,1-3H3. The lowest BCUT2D eigenvalue weighted by Gasteiger charge is -2.10. The molecule has 100 valence electrons. The van der Waals surface area contributed by atoms with Gasteiger partial charge in [0.15, 0.2) is 5.82 Å². The van der Waals surface area contributed by atoms with Gasteiger partial charge in [-0.25, -0.2) is 9.97 Å². The summed E-state index contributed by atoms with van der Waals surface area (Å²) in [4.78, 5) is 13.3. The molecule has 4 nitrogen and oxygen atoms in total. The average molecular weight is 256 g/mol. The van der Waals surface area contributed by atoms with Crippen molar-refractivity contribution in [2.75, 3.05) is 0 Å². The van der Waals surface area contributed by atoms with Crippen LogP contribution in [0.5, 0.6) is 0 Å². The summed E-state index contributed by atoms with van der Waals surface area (Å²) in [6.45, 7) is 6.09. The van der Waals surface area contributed by atoms with Gasteiger partial charge in [0, 0.05) is 41.8 Å². The van der Waals surface area contributed by atoms with Gasteiger partial charge in [-0.05, 0) is 38.0 Å². The fraction of sp³-hybridized carbons (Fsp3) is 0.400. The normalized spacial score (nSPS) is 12.4. The summed E-state index contributed by atoms with van der Waals surface area (Å²) in [5.41, 5.74) is 10.0. The second kappa shape index (κ2) is 5.89. The van der Waals surface area contributed by atoms with E-state index in [1.165, 1.54) is 5.56 Å². The zero-order valence-electron chi connectivity index (χ0n) is 11.7. The molecule has 0 saturated heterocycles. The topological polar surface area (TPSA) is 64.7 Å².